The van der Waals surface area contributed by atoms with Gasteiger partial charge in [0.05, 0.1) is 19.4 Å². The SMILES string of the molecule is CCOc1cc(C(=O)Nc2ccsc2C(=O)OC)ccc1OCC(=O)N1CCCCC1. The van der Waals surface area contributed by atoms with Gasteiger partial charge in [0.1, 0.15) is 4.88 Å². The third-order valence-electron chi connectivity index (χ3n) is 4.85. The summed E-state index contributed by atoms with van der Waals surface area (Å²) in [5.74, 6) is -0.200. The molecule has 9 heteroatoms. The summed E-state index contributed by atoms with van der Waals surface area (Å²) in [5.41, 5.74) is 0.715. The van der Waals surface area contributed by atoms with Crippen LogP contribution >= 0.6 is 11.3 Å². The fourth-order valence-electron chi connectivity index (χ4n) is 3.26. The van der Waals surface area contributed by atoms with Crippen LogP contribution in [0, 0.1) is 0 Å². The molecule has 0 aliphatic carbocycles. The number of piperidine rings is 1. The number of carbonyl (C=O) groups excluding carboxylic acids is 3. The van der Waals surface area contributed by atoms with Crippen molar-refractivity contribution in [2.24, 2.45) is 0 Å². The minimum atomic E-state index is -0.512. The molecule has 2 heterocycles. The van der Waals surface area contributed by atoms with Gasteiger partial charge in [0.25, 0.3) is 11.8 Å². The zero-order valence-corrected chi connectivity index (χ0v) is 18.5. The highest BCUT2D eigenvalue weighted by molar-refractivity contribution is 7.12. The number of anilines is 1. The molecule has 1 aliphatic heterocycles. The smallest absolute Gasteiger partial charge is 0.350 e. The highest BCUT2D eigenvalue weighted by Gasteiger charge is 2.20. The molecule has 166 valence electrons. The topological polar surface area (TPSA) is 94.2 Å². The molecule has 2 amide bonds. The van der Waals surface area contributed by atoms with Gasteiger partial charge >= 0.3 is 5.97 Å². The molecule has 3 rings (SSSR count). The van der Waals surface area contributed by atoms with Gasteiger partial charge in [-0.05, 0) is 55.8 Å². The van der Waals surface area contributed by atoms with E-state index in [4.69, 9.17) is 14.2 Å². The van der Waals surface area contributed by atoms with E-state index < -0.39 is 11.9 Å². The first-order chi connectivity index (χ1) is 15.0. The summed E-state index contributed by atoms with van der Waals surface area (Å²) in [5, 5.41) is 4.42. The Bertz CT molecular complexity index is 936. The van der Waals surface area contributed by atoms with Crippen LogP contribution in [0.5, 0.6) is 11.5 Å². The van der Waals surface area contributed by atoms with Gasteiger partial charge in [-0.15, -0.1) is 11.3 Å². The minimum absolute atomic E-state index is 0.0586. The fraction of sp³-hybridized carbons (Fsp3) is 0.409. The Balaban J connectivity index is 1.69. The van der Waals surface area contributed by atoms with E-state index in [1.807, 2.05) is 11.8 Å². The van der Waals surface area contributed by atoms with E-state index in [0.29, 0.717) is 34.2 Å². The number of rotatable bonds is 8. The number of nitrogens with one attached hydrogen (secondary N) is 1. The van der Waals surface area contributed by atoms with E-state index in [-0.39, 0.29) is 12.5 Å². The van der Waals surface area contributed by atoms with Crippen molar-refractivity contribution in [2.75, 3.05) is 38.7 Å². The van der Waals surface area contributed by atoms with Crippen molar-refractivity contribution in [1.29, 1.82) is 0 Å². The van der Waals surface area contributed by atoms with Crippen LogP contribution < -0.4 is 14.8 Å². The molecule has 0 spiro atoms. The Morgan fingerprint density at radius 2 is 1.84 bits per heavy atom. The van der Waals surface area contributed by atoms with E-state index in [9.17, 15) is 14.4 Å². The molecule has 1 N–H and O–H groups in total. The van der Waals surface area contributed by atoms with Crippen molar-refractivity contribution < 1.29 is 28.6 Å². The lowest BCUT2D eigenvalue weighted by molar-refractivity contribution is -0.134. The molecule has 1 fully saturated rings. The lowest BCUT2D eigenvalue weighted by atomic mass is 10.1. The maximum Gasteiger partial charge on any atom is 0.350 e. The average molecular weight is 447 g/mol. The van der Waals surface area contributed by atoms with E-state index in [1.165, 1.54) is 18.4 Å². The van der Waals surface area contributed by atoms with Crippen LogP contribution in [0.15, 0.2) is 29.6 Å². The van der Waals surface area contributed by atoms with E-state index in [0.717, 1.165) is 32.4 Å². The molecule has 31 heavy (non-hydrogen) atoms. The van der Waals surface area contributed by atoms with Crippen LogP contribution in [-0.4, -0.2) is 56.1 Å². The Morgan fingerprint density at radius 1 is 1.06 bits per heavy atom. The summed E-state index contributed by atoms with van der Waals surface area (Å²) in [4.78, 5) is 39.0. The van der Waals surface area contributed by atoms with Crippen LogP contribution in [0.4, 0.5) is 5.69 Å². The molecular formula is C22H26N2O6S. The van der Waals surface area contributed by atoms with Crippen LogP contribution in [0.25, 0.3) is 0 Å². The van der Waals surface area contributed by atoms with Crippen LogP contribution in [-0.2, 0) is 9.53 Å². The van der Waals surface area contributed by atoms with Crippen LogP contribution in [0.1, 0.15) is 46.2 Å². The summed E-state index contributed by atoms with van der Waals surface area (Å²) in [6.07, 6.45) is 3.18. The van der Waals surface area contributed by atoms with Crippen molar-refractivity contribution in [1.82, 2.24) is 4.90 Å². The summed E-state index contributed by atoms with van der Waals surface area (Å²) < 4.78 is 16.1. The molecule has 8 nitrogen and oxygen atoms in total. The number of likely N-dealkylation sites (tertiary alicyclic amines) is 1. The molecular weight excluding hydrogens is 420 g/mol. The standard InChI is InChI=1S/C22H26N2O6S/c1-3-29-18-13-15(21(26)23-16-9-12-31-20(16)22(27)28-2)7-8-17(18)30-14-19(25)24-10-5-4-6-11-24/h7-9,12-13H,3-6,10-11,14H2,1-2H3,(H,23,26). The Morgan fingerprint density at radius 3 is 2.55 bits per heavy atom. The zero-order chi connectivity index (χ0) is 22.2. The number of hydrogen-bond donors (Lipinski definition) is 1. The van der Waals surface area contributed by atoms with Gasteiger partial charge in [0, 0.05) is 18.7 Å². The number of carbonyl (C=O) groups is 3. The highest BCUT2D eigenvalue weighted by atomic mass is 32.1. The fourth-order valence-corrected chi connectivity index (χ4v) is 4.03. The normalized spacial score (nSPS) is 13.4. The quantitative estimate of drug-likeness (QED) is 0.623. The van der Waals surface area contributed by atoms with Gasteiger partial charge < -0.3 is 24.4 Å². The minimum Gasteiger partial charge on any atom is -0.490 e. The second-order valence-electron chi connectivity index (χ2n) is 6.93. The lowest BCUT2D eigenvalue weighted by Gasteiger charge is -2.26. The second-order valence-corrected chi connectivity index (χ2v) is 7.85. The number of amides is 2. The zero-order valence-electron chi connectivity index (χ0n) is 17.6. The van der Waals surface area contributed by atoms with Crippen molar-refractivity contribution in [2.45, 2.75) is 26.2 Å². The first-order valence-corrected chi connectivity index (χ1v) is 11.1. The van der Waals surface area contributed by atoms with Gasteiger partial charge in [-0.1, -0.05) is 0 Å². The van der Waals surface area contributed by atoms with Crippen molar-refractivity contribution in [3.8, 4) is 11.5 Å². The van der Waals surface area contributed by atoms with Gasteiger partial charge in [0.2, 0.25) is 0 Å². The molecule has 0 atom stereocenters. The van der Waals surface area contributed by atoms with E-state index >= 15 is 0 Å². The van der Waals surface area contributed by atoms with E-state index in [2.05, 4.69) is 5.32 Å². The predicted molar refractivity (Wildman–Crippen MR) is 117 cm³/mol. The Labute approximate surface area is 185 Å². The summed E-state index contributed by atoms with van der Waals surface area (Å²) in [7, 11) is 1.29. The van der Waals surface area contributed by atoms with Gasteiger partial charge in [-0.2, -0.15) is 0 Å². The Kier molecular flexibility index (Phi) is 7.88. The van der Waals surface area contributed by atoms with Crippen LogP contribution in [0.3, 0.4) is 0 Å². The summed E-state index contributed by atoms with van der Waals surface area (Å²) >= 11 is 1.18. The number of thiophene rings is 1. The number of ether oxygens (including phenoxy) is 3. The third-order valence-corrected chi connectivity index (χ3v) is 5.74. The molecule has 1 aromatic heterocycles. The average Bonchev–Trinajstić information content (AvgIpc) is 3.26. The van der Waals surface area contributed by atoms with Crippen molar-refractivity contribution in [3.05, 3.63) is 40.1 Å². The second kappa shape index (κ2) is 10.8. The van der Waals surface area contributed by atoms with Crippen molar-refractivity contribution in [3.63, 3.8) is 0 Å². The monoisotopic (exact) mass is 446 g/mol. The third kappa shape index (κ3) is 5.75. The van der Waals surface area contributed by atoms with Gasteiger partial charge in [-0.3, -0.25) is 9.59 Å². The first kappa shape index (κ1) is 22.6. The number of hydrogen-bond acceptors (Lipinski definition) is 7. The lowest BCUT2D eigenvalue weighted by Crippen LogP contribution is -2.38. The number of benzene rings is 1. The Hall–Kier alpha value is -3.07. The van der Waals surface area contributed by atoms with Crippen molar-refractivity contribution >= 4 is 34.8 Å². The molecule has 1 aromatic carbocycles. The molecule has 0 radical (unpaired) electrons. The maximum atomic E-state index is 12.7. The van der Waals surface area contributed by atoms with E-state index in [1.54, 1.807) is 29.6 Å². The molecule has 0 unspecified atom stereocenters. The number of esters is 1. The molecule has 1 saturated heterocycles. The largest absolute Gasteiger partial charge is 0.490 e. The number of methoxy groups -OCH3 is 1. The molecule has 0 bridgehead atoms. The summed E-state index contributed by atoms with van der Waals surface area (Å²) in [6, 6.07) is 6.40. The van der Waals surface area contributed by atoms with Gasteiger partial charge in [0.15, 0.2) is 18.1 Å². The number of nitrogens with zero attached hydrogens (tertiary/aromatic N) is 1. The summed E-state index contributed by atoms with van der Waals surface area (Å²) in [6.45, 7) is 3.64. The maximum absolute atomic E-state index is 12.7. The van der Waals surface area contributed by atoms with Gasteiger partial charge in [-0.25, -0.2) is 4.79 Å². The van der Waals surface area contributed by atoms with Crippen LogP contribution in [0.2, 0.25) is 0 Å². The highest BCUT2D eigenvalue weighted by Crippen LogP contribution is 2.30. The molecule has 0 saturated carbocycles. The predicted octanol–water partition coefficient (Wildman–Crippen LogP) is 3.58. The molecule has 1 aliphatic rings. The first-order valence-electron chi connectivity index (χ1n) is 10.2. The molecule has 2 aromatic rings.